The molecule has 0 radical (unpaired) electrons. The van der Waals surface area contributed by atoms with Gasteiger partial charge in [-0.3, -0.25) is 0 Å². The fourth-order valence-corrected chi connectivity index (χ4v) is 5.21. The van der Waals surface area contributed by atoms with Gasteiger partial charge in [0.2, 0.25) is 10.0 Å². The molecule has 0 spiro atoms. The lowest BCUT2D eigenvalue weighted by molar-refractivity contribution is 0.464. The molecule has 1 atom stereocenters. The van der Waals surface area contributed by atoms with Crippen molar-refractivity contribution in [3.63, 3.8) is 0 Å². The van der Waals surface area contributed by atoms with Crippen LogP contribution in [0.3, 0.4) is 0 Å². The molecule has 1 unspecified atom stereocenters. The summed E-state index contributed by atoms with van der Waals surface area (Å²) < 4.78 is 27.0. The summed E-state index contributed by atoms with van der Waals surface area (Å²) in [5, 5.41) is 3.34. The van der Waals surface area contributed by atoms with Crippen LogP contribution in [0.2, 0.25) is 5.02 Å². The number of benzene rings is 1. The maximum atomic E-state index is 12.5. The standard InChI is InChI=1S/C11H14BrClN2O2S.ClH/c1-14-8-5-6-15(7-8)18(16,17)11-9(12)3-2-4-10(11)13;/h2-4,8,14H,5-7H2,1H3;1H. The zero-order chi connectivity index (χ0) is 13.3. The second-order valence-corrected chi connectivity index (χ2v) is 7.32. The van der Waals surface area contributed by atoms with Gasteiger partial charge < -0.3 is 5.32 Å². The Balaban J connectivity index is 0.00000180. The van der Waals surface area contributed by atoms with Crippen molar-refractivity contribution in [2.45, 2.75) is 17.4 Å². The summed E-state index contributed by atoms with van der Waals surface area (Å²) in [6, 6.07) is 5.20. The smallest absolute Gasteiger partial charge is 0.245 e. The molecule has 0 aliphatic carbocycles. The summed E-state index contributed by atoms with van der Waals surface area (Å²) in [7, 11) is -1.69. The van der Waals surface area contributed by atoms with Crippen molar-refractivity contribution in [1.82, 2.24) is 9.62 Å². The van der Waals surface area contributed by atoms with Gasteiger partial charge in [0, 0.05) is 23.6 Å². The van der Waals surface area contributed by atoms with E-state index in [4.69, 9.17) is 11.6 Å². The lowest BCUT2D eigenvalue weighted by atomic mass is 10.3. The minimum atomic E-state index is -3.53. The van der Waals surface area contributed by atoms with E-state index in [9.17, 15) is 8.42 Å². The largest absolute Gasteiger partial charge is 0.316 e. The minimum absolute atomic E-state index is 0. The molecule has 0 aromatic heterocycles. The maximum Gasteiger partial charge on any atom is 0.245 e. The lowest BCUT2D eigenvalue weighted by Gasteiger charge is -2.18. The quantitative estimate of drug-likeness (QED) is 0.863. The summed E-state index contributed by atoms with van der Waals surface area (Å²) in [6.07, 6.45) is 0.817. The van der Waals surface area contributed by atoms with Gasteiger partial charge in [-0.2, -0.15) is 4.31 Å². The van der Waals surface area contributed by atoms with Crippen LogP contribution in [0.25, 0.3) is 0 Å². The van der Waals surface area contributed by atoms with Gasteiger partial charge in [0.25, 0.3) is 0 Å². The van der Waals surface area contributed by atoms with Crippen LogP contribution in [-0.2, 0) is 10.0 Å². The molecule has 0 saturated carbocycles. The molecule has 1 fully saturated rings. The highest BCUT2D eigenvalue weighted by Gasteiger charge is 2.34. The fraction of sp³-hybridized carbons (Fsp3) is 0.455. The molecule has 0 amide bonds. The Labute approximate surface area is 133 Å². The molecule has 1 aliphatic heterocycles. The average Bonchev–Trinajstić information content (AvgIpc) is 2.77. The van der Waals surface area contributed by atoms with Crippen molar-refractivity contribution in [1.29, 1.82) is 0 Å². The summed E-state index contributed by atoms with van der Waals surface area (Å²) in [5.41, 5.74) is 0. The van der Waals surface area contributed by atoms with Gasteiger partial charge in [-0.1, -0.05) is 17.7 Å². The minimum Gasteiger partial charge on any atom is -0.316 e. The van der Waals surface area contributed by atoms with Crippen LogP contribution in [0.15, 0.2) is 27.6 Å². The third-order valence-electron chi connectivity index (χ3n) is 3.08. The number of likely N-dealkylation sites (N-methyl/N-ethyl adjacent to an activating group) is 1. The molecule has 1 heterocycles. The Morgan fingerprint density at radius 1 is 1.47 bits per heavy atom. The van der Waals surface area contributed by atoms with Crippen molar-refractivity contribution in [3.05, 3.63) is 27.7 Å². The van der Waals surface area contributed by atoms with Crippen LogP contribution in [0, 0.1) is 0 Å². The molecule has 1 N–H and O–H groups in total. The zero-order valence-electron chi connectivity index (χ0n) is 10.3. The van der Waals surface area contributed by atoms with Crippen LogP contribution in [0.4, 0.5) is 0 Å². The molecule has 108 valence electrons. The van der Waals surface area contributed by atoms with Crippen LogP contribution >= 0.6 is 39.9 Å². The Hall–Kier alpha value is 0.150. The van der Waals surface area contributed by atoms with Crippen LogP contribution in [0.5, 0.6) is 0 Å². The topological polar surface area (TPSA) is 49.4 Å². The molecule has 1 aliphatic rings. The number of hydrogen-bond acceptors (Lipinski definition) is 3. The molecular weight excluding hydrogens is 375 g/mol. The Morgan fingerprint density at radius 3 is 2.68 bits per heavy atom. The SMILES string of the molecule is CNC1CCN(S(=O)(=O)c2c(Cl)cccc2Br)C1.Cl. The van der Waals surface area contributed by atoms with Crippen molar-refractivity contribution in [3.8, 4) is 0 Å². The first-order valence-corrected chi connectivity index (χ1v) is 8.19. The second-order valence-electron chi connectivity index (χ2n) is 4.19. The molecule has 2 rings (SSSR count). The van der Waals surface area contributed by atoms with Crippen LogP contribution < -0.4 is 5.32 Å². The van der Waals surface area contributed by atoms with Gasteiger partial charge >= 0.3 is 0 Å². The molecular formula is C11H15BrCl2N2O2S. The van der Waals surface area contributed by atoms with Gasteiger partial charge in [-0.25, -0.2) is 8.42 Å². The third kappa shape index (κ3) is 3.43. The van der Waals surface area contributed by atoms with E-state index in [2.05, 4.69) is 21.2 Å². The van der Waals surface area contributed by atoms with Crippen LogP contribution in [-0.4, -0.2) is 38.9 Å². The van der Waals surface area contributed by atoms with Gasteiger partial charge in [0.05, 0.1) is 5.02 Å². The number of rotatable bonds is 3. The summed E-state index contributed by atoms with van der Waals surface area (Å²) in [5.74, 6) is 0. The second kappa shape index (κ2) is 6.74. The maximum absolute atomic E-state index is 12.5. The number of nitrogens with one attached hydrogen (secondary N) is 1. The van der Waals surface area contributed by atoms with E-state index in [1.54, 1.807) is 18.2 Å². The Morgan fingerprint density at radius 2 is 2.16 bits per heavy atom. The summed E-state index contributed by atoms with van der Waals surface area (Å²) >= 11 is 9.27. The number of nitrogens with zero attached hydrogens (tertiary/aromatic N) is 1. The van der Waals surface area contributed by atoms with E-state index < -0.39 is 10.0 Å². The first-order valence-electron chi connectivity index (χ1n) is 5.58. The zero-order valence-corrected chi connectivity index (χ0v) is 14.2. The molecule has 1 aromatic rings. The van der Waals surface area contributed by atoms with E-state index in [0.717, 1.165) is 6.42 Å². The normalized spacial score (nSPS) is 20.3. The molecule has 8 heteroatoms. The van der Waals surface area contributed by atoms with Gasteiger partial charge in [-0.05, 0) is 41.5 Å². The van der Waals surface area contributed by atoms with E-state index in [1.165, 1.54) is 4.31 Å². The van der Waals surface area contributed by atoms with E-state index >= 15 is 0 Å². The molecule has 1 saturated heterocycles. The number of halogens is 3. The van der Waals surface area contributed by atoms with E-state index in [-0.39, 0.29) is 28.4 Å². The summed E-state index contributed by atoms with van der Waals surface area (Å²) in [6.45, 7) is 1.00. The first kappa shape index (κ1) is 17.2. The molecule has 19 heavy (non-hydrogen) atoms. The van der Waals surface area contributed by atoms with Gasteiger partial charge in [0.1, 0.15) is 4.90 Å². The average molecular weight is 390 g/mol. The first-order chi connectivity index (χ1) is 8.46. The highest BCUT2D eigenvalue weighted by Crippen LogP contribution is 2.33. The Kier molecular flexibility index (Phi) is 6.10. The monoisotopic (exact) mass is 388 g/mol. The predicted molar refractivity (Wildman–Crippen MR) is 82.6 cm³/mol. The predicted octanol–water partition coefficient (Wildman–Crippen LogP) is 2.51. The third-order valence-corrected chi connectivity index (χ3v) is 6.39. The molecule has 1 aromatic carbocycles. The fourth-order valence-electron chi connectivity index (χ4n) is 2.04. The number of hydrogen-bond donors (Lipinski definition) is 1. The van der Waals surface area contributed by atoms with Gasteiger partial charge in [0.15, 0.2) is 0 Å². The number of sulfonamides is 1. The van der Waals surface area contributed by atoms with Gasteiger partial charge in [-0.15, -0.1) is 12.4 Å². The van der Waals surface area contributed by atoms with E-state index in [0.29, 0.717) is 17.6 Å². The van der Waals surface area contributed by atoms with E-state index in [1.807, 2.05) is 7.05 Å². The molecule has 0 bridgehead atoms. The van der Waals surface area contributed by atoms with Crippen molar-refractivity contribution in [2.24, 2.45) is 0 Å². The Bertz CT molecular complexity index is 533. The highest BCUT2D eigenvalue weighted by molar-refractivity contribution is 9.10. The summed E-state index contributed by atoms with van der Waals surface area (Å²) in [4.78, 5) is 0.156. The van der Waals surface area contributed by atoms with Crippen LogP contribution in [0.1, 0.15) is 6.42 Å². The van der Waals surface area contributed by atoms with Crippen molar-refractivity contribution >= 4 is 50.0 Å². The van der Waals surface area contributed by atoms with Crippen molar-refractivity contribution < 1.29 is 8.42 Å². The highest BCUT2D eigenvalue weighted by atomic mass is 79.9. The molecule has 4 nitrogen and oxygen atoms in total. The lowest BCUT2D eigenvalue weighted by Crippen LogP contribution is -2.33. The van der Waals surface area contributed by atoms with Crippen molar-refractivity contribution in [2.75, 3.05) is 20.1 Å².